The van der Waals surface area contributed by atoms with E-state index in [9.17, 15) is 0 Å². The maximum atomic E-state index is 4.80. The van der Waals surface area contributed by atoms with Crippen LogP contribution in [-0.4, -0.2) is 49.6 Å². The van der Waals surface area contributed by atoms with Crippen molar-refractivity contribution in [3.05, 3.63) is 0 Å². The molecule has 0 spiro atoms. The lowest BCUT2D eigenvalue weighted by atomic mass is 9.97. The smallest absolute Gasteiger partial charge is 0.191 e. The number of aliphatic imine (C=N–C) groups is 1. The van der Waals surface area contributed by atoms with Gasteiger partial charge in [0, 0.05) is 32.2 Å². The quantitative estimate of drug-likeness (QED) is 0.271. The molecule has 1 rings (SSSR count). The summed E-state index contributed by atoms with van der Waals surface area (Å²) in [5, 5.41) is 6.81. The summed E-state index contributed by atoms with van der Waals surface area (Å²) >= 11 is 0. The Labute approximate surface area is 154 Å². The number of hydrogen-bond acceptors (Lipinski definition) is 2. The van der Waals surface area contributed by atoms with Crippen molar-refractivity contribution in [3.63, 3.8) is 0 Å². The molecule has 0 amide bonds. The minimum Gasteiger partial charge on any atom is -0.357 e. The molecule has 132 valence electrons. The highest BCUT2D eigenvalue weighted by molar-refractivity contribution is 14.0. The van der Waals surface area contributed by atoms with Gasteiger partial charge in [0.2, 0.25) is 0 Å². The van der Waals surface area contributed by atoms with Gasteiger partial charge in [-0.05, 0) is 52.5 Å². The van der Waals surface area contributed by atoms with Gasteiger partial charge in [0.15, 0.2) is 5.96 Å². The van der Waals surface area contributed by atoms with Gasteiger partial charge in [-0.1, -0.05) is 19.8 Å². The van der Waals surface area contributed by atoms with Crippen molar-refractivity contribution >= 4 is 29.9 Å². The molecule has 0 aromatic heterocycles. The zero-order chi connectivity index (χ0) is 15.5. The Morgan fingerprint density at radius 1 is 1.23 bits per heavy atom. The first-order valence-electron chi connectivity index (χ1n) is 8.93. The molecular weight excluding hydrogens is 387 g/mol. The van der Waals surface area contributed by atoms with E-state index in [4.69, 9.17) is 4.99 Å². The van der Waals surface area contributed by atoms with Gasteiger partial charge in [-0.2, -0.15) is 0 Å². The van der Waals surface area contributed by atoms with Gasteiger partial charge >= 0.3 is 0 Å². The van der Waals surface area contributed by atoms with E-state index in [1.807, 2.05) is 0 Å². The Morgan fingerprint density at radius 2 is 2.00 bits per heavy atom. The number of hydrogen-bond donors (Lipinski definition) is 2. The second-order valence-corrected chi connectivity index (χ2v) is 6.45. The van der Waals surface area contributed by atoms with Gasteiger partial charge in [0.25, 0.3) is 0 Å². The summed E-state index contributed by atoms with van der Waals surface area (Å²) in [6.45, 7) is 14.3. The van der Waals surface area contributed by atoms with Crippen LogP contribution in [0, 0.1) is 5.92 Å². The van der Waals surface area contributed by atoms with Gasteiger partial charge < -0.3 is 15.5 Å². The summed E-state index contributed by atoms with van der Waals surface area (Å²) in [6, 6.07) is 0.664. The average molecular weight is 424 g/mol. The SMILES string of the molecule is CCCCCNC(=NCC1CCCN(C(C)C)C1)NCC.I. The van der Waals surface area contributed by atoms with Crippen molar-refractivity contribution in [1.29, 1.82) is 0 Å². The Balaban J connectivity index is 0.00000441. The third-order valence-corrected chi connectivity index (χ3v) is 4.21. The molecule has 1 heterocycles. The molecule has 1 fully saturated rings. The fourth-order valence-corrected chi connectivity index (χ4v) is 2.86. The minimum absolute atomic E-state index is 0. The third-order valence-electron chi connectivity index (χ3n) is 4.21. The lowest BCUT2D eigenvalue weighted by Gasteiger charge is -2.34. The number of rotatable bonds is 8. The van der Waals surface area contributed by atoms with Crippen molar-refractivity contribution < 1.29 is 0 Å². The van der Waals surface area contributed by atoms with Crippen LogP contribution < -0.4 is 10.6 Å². The summed E-state index contributed by atoms with van der Waals surface area (Å²) in [7, 11) is 0. The highest BCUT2D eigenvalue weighted by Crippen LogP contribution is 2.18. The van der Waals surface area contributed by atoms with E-state index in [1.165, 1.54) is 45.2 Å². The van der Waals surface area contributed by atoms with Crippen molar-refractivity contribution in [2.75, 3.05) is 32.7 Å². The summed E-state index contributed by atoms with van der Waals surface area (Å²) < 4.78 is 0. The van der Waals surface area contributed by atoms with Crippen LogP contribution >= 0.6 is 24.0 Å². The molecule has 0 aromatic rings. The first-order chi connectivity index (χ1) is 10.2. The zero-order valence-corrected chi connectivity index (χ0v) is 17.4. The maximum Gasteiger partial charge on any atom is 0.191 e. The number of unbranched alkanes of at least 4 members (excludes halogenated alkanes) is 2. The number of nitrogens with zero attached hydrogens (tertiary/aromatic N) is 2. The highest BCUT2D eigenvalue weighted by atomic mass is 127. The maximum absolute atomic E-state index is 4.80. The third kappa shape index (κ3) is 9.18. The van der Waals surface area contributed by atoms with E-state index in [0.717, 1.165) is 25.6 Å². The van der Waals surface area contributed by atoms with Crippen LogP contribution in [0.1, 0.15) is 59.8 Å². The number of nitrogens with one attached hydrogen (secondary N) is 2. The van der Waals surface area contributed by atoms with Gasteiger partial charge in [-0.3, -0.25) is 4.99 Å². The Kier molecular flexibility index (Phi) is 13.4. The van der Waals surface area contributed by atoms with Gasteiger partial charge in [0.05, 0.1) is 0 Å². The van der Waals surface area contributed by atoms with E-state index < -0.39 is 0 Å². The molecule has 0 saturated carbocycles. The van der Waals surface area contributed by atoms with E-state index >= 15 is 0 Å². The first-order valence-corrected chi connectivity index (χ1v) is 8.93. The molecule has 1 aliphatic heterocycles. The van der Waals surface area contributed by atoms with Crippen molar-refractivity contribution in [3.8, 4) is 0 Å². The van der Waals surface area contributed by atoms with E-state index in [0.29, 0.717) is 12.0 Å². The summed E-state index contributed by atoms with van der Waals surface area (Å²) in [5.41, 5.74) is 0. The van der Waals surface area contributed by atoms with Crippen LogP contribution in [0.15, 0.2) is 4.99 Å². The monoisotopic (exact) mass is 424 g/mol. The van der Waals surface area contributed by atoms with Crippen LogP contribution in [-0.2, 0) is 0 Å². The molecule has 2 N–H and O–H groups in total. The molecule has 0 radical (unpaired) electrons. The zero-order valence-electron chi connectivity index (χ0n) is 15.0. The summed E-state index contributed by atoms with van der Waals surface area (Å²) in [6.07, 6.45) is 6.42. The molecule has 0 aliphatic carbocycles. The molecule has 22 heavy (non-hydrogen) atoms. The van der Waals surface area contributed by atoms with Gasteiger partial charge in [-0.25, -0.2) is 0 Å². The second-order valence-electron chi connectivity index (χ2n) is 6.45. The molecule has 4 nitrogen and oxygen atoms in total. The molecule has 1 aliphatic rings. The van der Waals surface area contributed by atoms with Crippen molar-refractivity contribution in [2.24, 2.45) is 10.9 Å². The Bertz CT molecular complexity index is 294. The van der Waals surface area contributed by atoms with Crippen LogP contribution in [0.2, 0.25) is 0 Å². The van der Waals surface area contributed by atoms with Gasteiger partial charge in [0.1, 0.15) is 0 Å². The van der Waals surface area contributed by atoms with E-state index in [1.54, 1.807) is 0 Å². The number of likely N-dealkylation sites (tertiary alicyclic amines) is 1. The standard InChI is InChI=1S/C17H36N4.HI/c1-5-7-8-11-19-17(18-6-2)20-13-16-10-9-12-21(14-16)15(3)4;/h15-16H,5-14H2,1-4H3,(H2,18,19,20);1H. The van der Waals surface area contributed by atoms with Crippen LogP contribution in [0.25, 0.3) is 0 Å². The van der Waals surface area contributed by atoms with E-state index in [2.05, 4.69) is 43.2 Å². The van der Waals surface area contributed by atoms with Crippen LogP contribution in [0.5, 0.6) is 0 Å². The molecular formula is C17H37IN4. The summed E-state index contributed by atoms with van der Waals surface area (Å²) in [4.78, 5) is 7.38. The molecule has 0 bridgehead atoms. The number of piperidine rings is 1. The van der Waals surface area contributed by atoms with Gasteiger partial charge in [-0.15, -0.1) is 24.0 Å². The molecule has 1 saturated heterocycles. The van der Waals surface area contributed by atoms with Crippen LogP contribution in [0.3, 0.4) is 0 Å². The lowest BCUT2D eigenvalue weighted by molar-refractivity contribution is 0.143. The topological polar surface area (TPSA) is 39.7 Å². The first kappa shape index (κ1) is 22.0. The normalized spacial score (nSPS) is 19.9. The predicted molar refractivity (Wildman–Crippen MR) is 108 cm³/mol. The molecule has 0 aromatic carbocycles. The van der Waals surface area contributed by atoms with E-state index in [-0.39, 0.29) is 24.0 Å². The van der Waals surface area contributed by atoms with Crippen molar-refractivity contribution in [2.45, 2.75) is 65.8 Å². The molecule has 1 unspecified atom stereocenters. The molecule has 1 atom stereocenters. The van der Waals surface area contributed by atoms with Crippen molar-refractivity contribution in [1.82, 2.24) is 15.5 Å². The molecule has 5 heteroatoms. The highest BCUT2D eigenvalue weighted by Gasteiger charge is 2.21. The van der Waals surface area contributed by atoms with Crippen LogP contribution in [0.4, 0.5) is 0 Å². The second kappa shape index (κ2) is 13.4. The average Bonchev–Trinajstić information content (AvgIpc) is 2.49. The lowest BCUT2D eigenvalue weighted by Crippen LogP contribution is -2.42. The predicted octanol–water partition coefficient (Wildman–Crippen LogP) is 3.47. The number of halogens is 1. The largest absolute Gasteiger partial charge is 0.357 e. The Morgan fingerprint density at radius 3 is 2.64 bits per heavy atom. The fourth-order valence-electron chi connectivity index (χ4n) is 2.86. The minimum atomic E-state index is 0. The summed E-state index contributed by atoms with van der Waals surface area (Å²) in [5.74, 6) is 1.71. The Hall–Kier alpha value is -0.0400. The number of guanidine groups is 1. The fraction of sp³-hybridized carbons (Fsp3) is 0.941.